The van der Waals surface area contributed by atoms with E-state index in [1.807, 2.05) is 71.3 Å². The van der Waals surface area contributed by atoms with Crippen molar-refractivity contribution in [2.45, 2.75) is 5.16 Å². The second kappa shape index (κ2) is 10.5. The number of nitrogens with one attached hydrogen (secondary N) is 1. The molecule has 0 saturated heterocycles. The number of carbonyl (C=O) groups excluding carboxylic acids is 1. The third-order valence-corrected chi connectivity index (χ3v) is 7.14. The maximum atomic E-state index is 13.1. The van der Waals surface area contributed by atoms with Crippen molar-refractivity contribution in [2.24, 2.45) is 0 Å². The first kappa shape index (κ1) is 24.5. The van der Waals surface area contributed by atoms with Gasteiger partial charge in [-0.1, -0.05) is 30.0 Å². The zero-order chi connectivity index (χ0) is 26.8. The number of para-hydroxylation sites is 1. The van der Waals surface area contributed by atoms with Crippen LogP contribution in [-0.2, 0) is 4.79 Å². The highest BCUT2D eigenvalue weighted by Crippen LogP contribution is 2.36. The van der Waals surface area contributed by atoms with Crippen LogP contribution in [0.3, 0.4) is 0 Å². The first-order chi connectivity index (χ1) is 19.1. The van der Waals surface area contributed by atoms with E-state index in [9.17, 15) is 4.79 Å². The van der Waals surface area contributed by atoms with E-state index in [-0.39, 0.29) is 11.7 Å². The molecule has 0 bridgehead atoms. The number of aromatic nitrogens is 4. The van der Waals surface area contributed by atoms with Crippen LogP contribution >= 0.6 is 11.8 Å². The molecule has 39 heavy (non-hydrogen) atoms. The molecule has 10 heteroatoms. The fourth-order valence-electron chi connectivity index (χ4n) is 4.35. The molecule has 6 rings (SSSR count). The van der Waals surface area contributed by atoms with E-state index in [1.54, 1.807) is 32.7 Å². The van der Waals surface area contributed by atoms with Crippen molar-refractivity contribution in [1.82, 2.24) is 19.7 Å². The number of rotatable bonds is 8. The number of thioether (sulfide) groups is 1. The largest absolute Gasteiger partial charge is 0.497 e. The Balaban J connectivity index is 1.27. The molecule has 3 aromatic carbocycles. The molecule has 0 atom stereocenters. The van der Waals surface area contributed by atoms with Gasteiger partial charge in [-0.15, -0.1) is 10.2 Å². The molecule has 1 N–H and O–H groups in total. The third kappa shape index (κ3) is 4.77. The van der Waals surface area contributed by atoms with Crippen molar-refractivity contribution < 1.29 is 18.7 Å². The van der Waals surface area contributed by atoms with Crippen LogP contribution in [0.1, 0.15) is 0 Å². The summed E-state index contributed by atoms with van der Waals surface area (Å²) < 4.78 is 18.8. The number of anilines is 1. The maximum Gasteiger partial charge on any atom is 0.234 e. The van der Waals surface area contributed by atoms with Crippen LogP contribution in [0.15, 0.2) is 94.8 Å². The average molecular weight is 538 g/mol. The third-order valence-electron chi connectivity index (χ3n) is 6.21. The lowest BCUT2D eigenvalue weighted by Crippen LogP contribution is -2.15. The molecule has 0 unspecified atom stereocenters. The summed E-state index contributed by atoms with van der Waals surface area (Å²) in [7, 11) is 3.20. The van der Waals surface area contributed by atoms with E-state index in [0.717, 1.165) is 33.4 Å². The number of furan rings is 1. The van der Waals surface area contributed by atoms with E-state index in [2.05, 4.69) is 20.5 Å². The van der Waals surface area contributed by atoms with Crippen molar-refractivity contribution >= 4 is 45.3 Å². The first-order valence-electron chi connectivity index (χ1n) is 12.1. The van der Waals surface area contributed by atoms with Crippen molar-refractivity contribution in [3.8, 4) is 28.6 Å². The summed E-state index contributed by atoms with van der Waals surface area (Å²) in [6.07, 6.45) is 3.41. The fraction of sp³-hybridized carbons (Fsp3) is 0.103. The van der Waals surface area contributed by atoms with Gasteiger partial charge in [0.1, 0.15) is 22.7 Å². The molecule has 3 heterocycles. The minimum absolute atomic E-state index is 0.103. The molecule has 0 aliphatic rings. The molecule has 9 nitrogen and oxygen atoms in total. The summed E-state index contributed by atoms with van der Waals surface area (Å²) in [6, 6.07) is 22.8. The van der Waals surface area contributed by atoms with Gasteiger partial charge in [0.15, 0.2) is 11.0 Å². The van der Waals surface area contributed by atoms with Crippen LogP contribution in [0.2, 0.25) is 0 Å². The van der Waals surface area contributed by atoms with Gasteiger partial charge in [-0.3, -0.25) is 14.3 Å². The summed E-state index contributed by atoms with van der Waals surface area (Å²) in [5, 5.41) is 14.2. The van der Waals surface area contributed by atoms with Crippen LogP contribution in [0.4, 0.5) is 5.69 Å². The summed E-state index contributed by atoms with van der Waals surface area (Å²) >= 11 is 1.28. The second-order valence-electron chi connectivity index (χ2n) is 8.56. The topological polar surface area (TPSA) is 104 Å². The highest BCUT2D eigenvalue weighted by atomic mass is 32.2. The van der Waals surface area contributed by atoms with Gasteiger partial charge >= 0.3 is 0 Å². The number of ether oxygens (including phenoxy) is 2. The lowest BCUT2D eigenvalue weighted by Gasteiger charge is -2.12. The van der Waals surface area contributed by atoms with Gasteiger partial charge in [-0.2, -0.15) is 0 Å². The number of methoxy groups -OCH3 is 2. The van der Waals surface area contributed by atoms with E-state index in [0.29, 0.717) is 28.0 Å². The maximum absolute atomic E-state index is 13.1. The molecule has 0 radical (unpaired) electrons. The normalized spacial score (nSPS) is 11.1. The summed E-state index contributed by atoms with van der Waals surface area (Å²) in [5.41, 5.74) is 3.67. The molecule has 0 spiro atoms. The Morgan fingerprint density at radius 1 is 0.923 bits per heavy atom. The second-order valence-corrected chi connectivity index (χ2v) is 9.50. The van der Waals surface area contributed by atoms with E-state index < -0.39 is 0 Å². The molecule has 0 aliphatic carbocycles. The van der Waals surface area contributed by atoms with Gasteiger partial charge in [-0.05, 0) is 48.5 Å². The molecular formula is C29H23N5O4S. The first-order valence-corrected chi connectivity index (χ1v) is 13.1. The number of hydrogen-bond acceptors (Lipinski definition) is 8. The SMILES string of the molecule is COc1ccc(-n2c(SCC(=O)Nc3cc4oc5ccccc5c4cc3OC)nnc2-c2ccncc2)cc1. The van der Waals surface area contributed by atoms with Crippen molar-refractivity contribution in [3.63, 3.8) is 0 Å². The molecular weight excluding hydrogens is 514 g/mol. The molecule has 1 amide bonds. The summed E-state index contributed by atoms with van der Waals surface area (Å²) in [6.45, 7) is 0. The van der Waals surface area contributed by atoms with Crippen LogP contribution < -0.4 is 14.8 Å². The Bertz CT molecular complexity index is 1780. The number of fused-ring (bicyclic) bond motifs is 3. The smallest absolute Gasteiger partial charge is 0.234 e. The van der Waals surface area contributed by atoms with Crippen LogP contribution in [0, 0.1) is 0 Å². The van der Waals surface area contributed by atoms with E-state index in [1.165, 1.54) is 11.8 Å². The van der Waals surface area contributed by atoms with Gasteiger partial charge < -0.3 is 19.2 Å². The molecule has 0 aliphatic heterocycles. The number of amides is 1. The number of carbonyl (C=O) groups is 1. The Labute approximate surface area is 227 Å². The number of nitrogens with zero attached hydrogens (tertiary/aromatic N) is 4. The standard InChI is InChI=1S/C29H23N5O4S/c1-36-20-9-7-19(8-10-20)34-28(18-11-13-30-14-12-18)32-33-29(34)39-17-27(35)31-23-16-25-22(15-26(23)37-2)21-5-3-4-6-24(21)38-25/h3-16H,17H2,1-2H3,(H,31,35). The van der Waals surface area contributed by atoms with Crippen LogP contribution in [0.25, 0.3) is 39.0 Å². The Morgan fingerprint density at radius 3 is 2.49 bits per heavy atom. The number of hydrogen-bond donors (Lipinski definition) is 1. The van der Waals surface area contributed by atoms with Gasteiger partial charge in [0.05, 0.1) is 25.7 Å². The Kier molecular flexibility index (Phi) is 6.60. The molecule has 0 saturated carbocycles. The Morgan fingerprint density at radius 2 is 1.72 bits per heavy atom. The zero-order valence-corrected chi connectivity index (χ0v) is 21.9. The van der Waals surface area contributed by atoms with E-state index >= 15 is 0 Å². The quantitative estimate of drug-likeness (QED) is 0.237. The predicted molar refractivity (Wildman–Crippen MR) is 151 cm³/mol. The lowest BCUT2D eigenvalue weighted by atomic mass is 10.1. The van der Waals surface area contributed by atoms with E-state index in [4.69, 9.17) is 13.9 Å². The minimum Gasteiger partial charge on any atom is -0.497 e. The highest BCUT2D eigenvalue weighted by Gasteiger charge is 2.19. The van der Waals surface area contributed by atoms with Crippen molar-refractivity contribution in [1.29, 1.82) is 0 Å². The van der Waals surface area contributed by atoms with Crippen molar-refractivity contribution in [2.75, 3.05) is 25.3 Å². The summed E-state index contributed by atoms with van der Waals surface area (Å²) in [5.74, 6) is 1.81. The van der Waals surface area contributed by atoms with Gasteiger partial charge in [0.2, 0.25) is 5.91 Å². The zero-order valence-electron chi connectivity index (χ0n) is 21.1. The summed E-state index contributed by atoms with van der Waals surface area (Å²) in [4.78, 5) is 17.2. The Hall–Kier alpha value is -4.83. The van der Waals surface area contributed by atoms with Gasteiger partial charge in [0.25, 0.3) is 0 Å². The monoisotopic (exact) mass is 537 g/mol. The molecule has 0 fully saturated rings. The minimum atomic E-state index is -0.219. The van der Waals surface area contributed by atoms with Gasteiger partial charge in [0, 0.05) is 40.5 Å². The number of pyridine rings is 1. The highest BCUT2D eigenvalue weighted by molar-refractivity contribution is 7.99. The molecule has 6 aromatic rings. The van der Waals surface area contributed by atoms with Crippen LogP contribution in [0.5, 0.6) is 11.5 Å². The fourth-order valence-corrected chi connectivity index (χ4v) is 5.10. The van der Waals surface area contributed by atoms with Gasteiger partial charge in [-0.25, -0.2) is 0 Å². The predicted octanol–water partition coefficient (Wildman–Crippen LogP) is 5.98. The number of benzene rings is 3. The van der Waals surface area contributed by atoms with Crippen LogP contribution in [-0.4, -0.2) is 45.6 Å². The molecule has 3 aromatic heterocycles. The molecule has 194 valence electrons. The van der Waals surface area contributed by atoms with Crippen molar-refractivity contribution in [3.05, 3.63) is 85.2 Å². The average Bonchev–Trinajstić information content (AvgIpc) is 3.57. The lowest BCUT2D eigenvalue weighted by molar-refractivity contribution is -0.113.